The predicted molar refractivity (Wildman–Crippen MR) is 122 cm³/mol. The van der Waals surface area contributed by atoms with Crippen LogP contribution < -0.4 is 10.1 Å². The Morgan fingerprint density at radius 3 is 2.50 bits per heavy atom. The fraction of sp³-hybridized carbons (Fsp3) is 0.240. The smallest absolute Gasteiger partial charge is 0.278 e. The highest BCUT2D eigenvalue weighted by atomic mass is 16.5. The number of ether oxygens (including phenoxy) is 1. The van der Waals surface area contributed by atoms with Crippen molar-refractivity contribution in [1.29, 1.82) is 0 Å². The first-order valence-corrected chi connectivity index (χ1v) is 10.4. The Morgan fingerprint density at radius 2 is 1.78 bits per heavy atom. The first kappa shape index (κ1) is 21.4. The zero-order chi connectivity index (χ0) is 22.7. The van der Waals surface area contributed by atoms with E-state index in [1.807, 2.05) is 32.0 Å². The molecule has 7 heteroatoms. The van der Waals surface area contributed by atoms with Crippen molar-refractivity contribution in [1.82, 2.24) is 14.9 Å². The van der Waals surface area contributed by atoms with E-state index in [2.05, 4.69) is 46.8 Å². The van der Waals surface area contributed by atoms with Gasteiger partial charge in [0.15, 0.2) is 5.69 Å². The molecule has 0 bridgehead atoms. The van der Waals surface area contributed by atoms with E-state index >= 15 is 0 Å². The fourth-order valence-corrected chi connectivity index (χ4v) is 3.50. The Hall–Kier alpha value is -3.87. The molecule has 2 aromatic carbocycles. The number of nitrogens with zero attached hydrogens (tertiary/aromatic N) is 3. The molecule has 0 saturated heterocycles. The number of aromatic nitrogens is 3. The van der Waals surface area contributed by atoms with Gasteiger partial charge < -0.3 is 14.6 Å². The lowest BCUT2D eigenvalue weighted by Gasteiger charge is -2.12. The van der Waals surface area contributed by atoms with Crippen LogP contribution in [0.3, 0.4) is 0 Å². The van der Waals surface area contributed by atoms with Crippen molar-refractivity contribution >= 4 is 11.6 Å². The molecule has 32 heavy (non-hydrogen) atoms. The largest absolute Gasteiger partial charge is 0.488 e. The van der Waals surface area contributed by atoms with E-state index < -0.39 is 0 Å². The molecule has 0 saturated carbocycles. The van der Waals surface area contributed by atoms with E-state index in [0.717, 1.165) is 22.4 Å². The van der Waals surface area contributed by atoms with Crippen LogP contribution in [0.1, 0.15) is 44.1 Å². The monoisotopic (exact) mass is 430 g/mol. The van der Waals surface area contributed by atoms with Gasteiger partial charge in [-0.3, -0.25) is 9.48 Å². The van der Waals surface area contributed by atoms with Gasteiger partial charge in [-0.15, -0.1) is 0 Å². The number of para-hydroxylation sites is 1. The summed E-state index contributed by atoms with van der Waals surface area (Å²) in [5.41, 5.74) is 5.83. The maximum Gasteiger partial charge on any atom is 0.278 e. The minimum Gasteiger partial charge on any atom is -0.488 e. The van der Waals surface area contributed by atoms with E-state index in [9.17, 15) is 4.79 Å². The number of hydrogen-bond donors (Lipinski definition) is 1. The standard InChI is InChI=1S/C25H26N4O3/c1-16-8-10-20(11-9-16)13-29-14-21(12-26-29)27-25(30)23-22(19(4)32-28-23)15-31-24-17(2)6-5-7-18(24)3/h5-12,14H,13,15H2,1-4H3,(H,27,30). The van der Waals surface area contributed by atoms with Gasteiger partial charge in [-0.1, -0.05) is 53.2 Å². The molecule has 1 N–H and O–H groups in total. The van der Waals surface area contributed by atoms with Crippen molar-refractivity contribution in [3.05, 3.63) is 94.1 Å². The molecule has 0 radical (unpaired) electrons. The van der Waals surface area contributed by atoms with Gasteiger partial charge in [0.2, 0.25) is 0 Å². The Balaban J connectivity index is 1.44. The lowest BCUT2D eigenvalue weighted by molar-refractivity contribution is 0.101. The normalized spacial score (nSPS) is 10.9. The number of carbonyl (C=O) groups excluding carboxylic acids is 1. The minimum atomic E-state index is -0.364. The summed E-state index contributed by atoms with van der Waals surface area (Å²) in [7, 11) is 0. The van der Waals surface area contributed by atoms with Crippen LogP contribution in [-0.4, -0.2) is 20.8 Å². The van der Waals surface area contributed by atoms with E-state index in [1.54, 1.807) is 24.0 Å². The lowest BCUT2D eigenvalue weighted by atomic mass is 10.1. The highest BCUT2D eigenvalue weighted by molar-refractivity contribution is 6.03. The highest BCUT2D eigenvalue weighted by Gasteiger charge is 2.21. The topological polar surface area (TPSA) is 82.2 Å². The number of nitrogens with one attached hydrogen (secondary N) is 1. The van der Waals surface area contributed by atoms with Crippen molar-refractivity contribution in [2.45, 2.75) is 40.8 Å². The van der Waals surface area contributed by atoms with Crippen LogP contribution in [0.5, 0.6) is 5.75 Å². The molecule has 0 aliphatic carbocycles. The number of hydrogen-bond acceptors (Lipinski definition) is 5. The number of aryl methyl sites for hydroxylation is 4. The highest BCUT2D eigenvalue weighted by Crippen LogP contribution is 2.25. The molecular formula is C25H26N4O3. The van der Waals surface area contributed by atoms with Gasteiger partial charge in [0.1, 0.15) is 18.1 Å². The molecule has 7 nitrogen and oxygen atoms in total. The van der Waals surface area contributed by atoms with Gasteiger partial charge >= 0.3 is 0 Å². The van der Waals surface area contributed by atoms with Gasteiger partial charge in [-0.05, 0) is 44.4 Å². The SMILES string of the molecule is Cc1ccc(Cn2cc(NC(=O)c3noc(C)c3COc3c(C)cccc3C)cn2)cc1. The average Bonchev–Trinajstić information content (AvgIpc) is 3.35. The molecule has 4 aromatic rings. The third-order valence-corrected chi connectivity index (χ3v) is 5.33. The van der Waals surface area contributed by atoms with Crippen LogP contribution >= 0.6 is 0 Å². The zero-order valence-corrected chi connectivity index (χ0v) is 18.7. The molecular weight excluding hydrogens is 404 g/mol. The average molecular weight is 431 g/mol. The number of anilines is 1. The molecule has 4 rings (SSSR count). The summed E-state index contributed by atoms with van der Waals surface area (Å²) in [6, 6.07) is 14.2. The van der Waals surface area contributed by atoms with Gasteiger partial charge in [0, 0.05) is 6.20 Å². The number of carbonyl (C=O) groups is 1. The predicted octanol–water partition coefficient (Wildman–Crippen LogP) is 4.98. The molecule has 164 valence electrons. The Morgan fingerprint density at radius 1 is 1.06 bits per heavy atom. The molecule has 1 amide bonds. The van der Waals surface area contributed by atoms with E-state index in [1.165, 1.54) is 5.56 Å². The summed E-state index contributed by atoms with van der Waals surface area (Å²) in [5.74, 6) is 0.991. The van der Waals surface area contributed by atoms with Crippen LogP contribution in [0, 0.1) is 27.7 Å². The van der Waals surface area contributed by atoms with Crippen LogP contribution in [-0.2, 0) is 13.2 Å². The number of amides is 1. The fourth-order valence-electron chi connectivity index (χ4n) is 3.50. The summed E-state index contributed by atoms with van der Waals surface area (Å²) in [4.78, 5) is 12.9. The molecule has 0 unspecified atom stereocenters. The minimum absolute atomic E-state index is 0.191. The summed E-state index contributed by atoms with van der Waals surface area (Å²) >= 11 is 0. The van der Waals surface area contributed by atoms with Crippen LogP contribution in [0.25, 0.3) is 0 Å². The number of rotatable bonds is 7. The summed E-state index contributed by atoms with van der Waals surface area (Å²) in [5, 5.41) is 11.1. The second kappa shape index (κ2) is 9.09. The van der Waals surface area contributed by atoms with Crippen molar-refractivity contribution in [3.8, 4) is 5.75 Å². The third-order valence-electron chi connectivity index (χ3n) is 5.33. The maximum atomic E-state index is 12.9. The van der Waals surface area contributed by atoms with E-state index in [4.69, 9.17) is 9.26 Å². The van der Waals surface area contributed by atoms with Crippen LogP contribution in [0.4, 0.5) is 5.69 Å². The van der Waals surface area contributed by atoms with Crippen LogP contribution in [0.15, 0.2) is 59.4 Å². The zero-order valence-electron chi connectivity index (χ0n) is 18.7. The molecule has 2 heterocycles. The Kier molecular flexibility index (Phi) is 6.07. The second-order valence-corrected chi connectivity index (χ2v) is 7.94. The van der Waals surface area contributed by atoms with Crippen molar-refractivity contribution in [2.75, 3.05) is 5.32 Å². The van der Waals surface area contributed by atoms with Crippen LogP contribution in [0.2, 0.25) is 0 Å². The van der Waals surface area contributed by atoms with Gasteiger partial charge in [-0.25, -0.2) is 0 Å². The number of benzene rings is 2. The Labute approximate surface area is 187 Å². The summed E-state index contributed by atoms with van der Waals surface area (Å²) < 4.78 is 13.1. The maximum absolute atomic E-state index is 12.9. The molecule has 0 atom stereocenters. The molecule has 0 fully saturated rings. The summed E-state index contributed by atoms with van der Waals surface area (Å²) in [6.45, 7) is 8.62. The summed E-state index contributed by atoms with van der Waals surface area (Å²) in [6.07, 6.45) is 3.41. The first-order valence-electron chi connectivity index (χ1n) is 10.4. The van der Waals surface area contributed by atoms with Gasteiger partial charge in [0.25, 0.3) is 5.91 Å². The first-order chi connectivity index (χ1) is 15.4. The molecule has 0 aliphatic heterocycles. The lowest BCUT2D eigenvalue weighted by Crippen LogP contribution is -2.15. The van der Waals surface area contributed by atoms with Crippen molar-refractivity contribution < 1.29 is 14.1 Å². The van der Waals surface area contributed by atoms with Crippen molar-refractivity contribution in [2.24, 2.45) is 0 Å². The molecule has 0 spiro atoms. The second-order valence-electron chi connectivity index (χ2n) is 7.94. The van der Waals surface area contributed by atoms with Crippen molar-refractivity contribution in [3.63, 3.8) is 0 Å². The molecule has 2 aromatic heterocycles. The Bertz CT molecular complexity index is 1220. The third kappa shape index (κ3) is 4.72. The quantitative estimate of drug-likeness (QED) is 0.447. The molecule has 0 aliphatic rings. The van der Waals surface area contributed by atoms with E-state index in [0.29, 0.717) is 23.6 Å². The van der Waals surface area contributed by atoms with E-state index in [-0.39, 0.29) is 18.2 Å². The van der Waals surface area contributed by atoms with Gasteiger partial charge in [0.05, 0.1) is 24.0 Å². The van der Waals surface area contributed by atoms with Gasteiger partial charge in [-0.2, -0.15) is 5.10 Å².